The van der Waals surface area contributed by atoms with Crippen LogP contribution in [0.5, 0.6) is 5.88 Å². The summed E-state index contributed by atoms with van der Waals surface area (Å²) >= 11 is 0. The van der Waals surface area contributed by atoms with E-state index in [2.05, 4.69) is 10.4 Å². The predicted molar refractivity (Wildman–Crippen MR) is 54.5 cm³/mol. The maximum atomic E-state index is 5.32. The van der Waals surface area contributed by atoms with Crippen LogP contribution in [0.4, 0.5) is 0 Å². The van der Waals surface area contributed by atoms with Crippen LogP contribution < -0.4 is 10.1 Å². The topological polar surface area (TPSA) is 39.1 Å². The van der Waals surface area contributed by atoms with Gasteiger partial charge in [0.2, 0.25) is 5.88 Å². The predicted octanol–water partition coefficient (Wildman–Crippen LogP) is 1.21. The molecule has 0 bridgehead atoms. The fourth-order valence-electron chi connectivity index (χ4n) is 1.81. The Hall–Kier alpha value is -1.03. The first-order chi connectivity index (χ1) is 6.90. The molecule has 14 heavy (non-hydrogen) atoms. The molecule has 78 valence electrons. The van der Waals surface area contributed by atoms with Crippen LogP contribution in [-0.4, -0.2) is 29.5 Å². The van der Waals surface area contributed by atoms with E-state index in [-0.39, 0.29) is 0 Å². The molecule has 0 amide bonds. The Morgan fingerprint density at radius 1 is 1.71 bits per heavy atom. The van der Waals surface area contributed by atoms with E-state index in [0.717, 1.165) is 19.0 Å². The van der Waals surface area contributed by atoms with Gasteiger partial charge in [0.15, 0.2) is 0 Å². The first kappa shape index (κ1) is 9.52. The van der Waals surface area contributed by atoms with Crippen molar-refractivity contribution in [2.75, 3.05) is 19.7 Å². The standard InChI is InChI=1S/C10H17N3O/c1-2-14-10-5-7-13(12-10)9-4-3-6-11-8-9/h5,7,9,11H,2-4,6,8H2,1H3/t9-/m1/s1. The van der Waals surface area contributed by atoms with Crippen LogP contribution in [-0.2, 0) is 0 Å². The number of ether oxygens (including phenoxy) is 1. The van der Waals surface area contributed by atoms with Gasteiger partial charge in [-0.1, -0.05) is 0 Å². The summed E-state index contributed by atoms with van der Waals surface area (Å²) in [6, 6.07) is 2.43. The summed E-state index contributed by atoms with van der Waals surface area (Å²) in [5, 5.41) is 7.75. The van der Waals surface area contributed by atoms with E-state index >= 15 is 0 Å². The summed E-state index contributed by atoms with van der Waals surface area (Å²) in [5.41, 5.74) is 0. The molecule has 1 atom stereocenters. The highest BCUT2D eigenvalue weighted by atomic mass is 16.5. The number of hydrogen-bond donors (Lipinski definition) is 1. The summed E-state index contributed by atoms with van der Waals surface area (Å²) in [4.78, 5) is 0. The van der Waals surface area contributed by atoms with Gasteiger partial charge in [0.05, 0.1) is 12.6 Å². The Morgan fingerprint density at radius 2 is 2.64 bits per heavy atom. The zero-order chi connectivity index (χ0) is 9.80. The molecule has 4 nitrogen and oxygen atoms in total. The van der Waals surface area contributed by atoms with E-state index < -0.39 is 0 Å². The lowest BCUT2D eigenvalue weighted by Crippen LogP contribution is -2.31. The fourth-order valence-corrected chi connectivity index (χ4v) is 1.81. The van der Waals surface area contributed by atoms with Crippen molar-refractivity contribution in [3.63, 3.8) is 0 Å². The molecule has 1 aromatic heterocycles. The number of piperidine rings is 1. The molecule has 2 rings (SSSR count). The highest BCUT2D eigenvalue weighted by Gasteiger charge is 2.15. The van der Waals surface area contributed by atoms with Crippen LogP contribution in [0.15, 0.2) is 12.3 Å². The van der Waals surface area contributed by atoms with Gasteiger partial charge in [0.25, 0.3) is 0 Å². The Labute approximate surface area is 84.3 Å². The molecule has 0 unspecified atom stereocenters. The quantitative estimate of drug-likeness (QED) is 0.788. The summed E-state index contributed by atoms with van der Waals surface area (Å²) in [6.45, 7) is 4.81. The summed E-state index contributed by atoms with van der Waals surface area (Å²) < 4.78 is 7.34. The maximum absolute atomic E-state index is 5.32. The summed E-state index contributed by atoms with van der Waals surface area (Å²) in [6.07, 6.45) is 4.44. The molecule has 2 heterocycles. The van der Waals surface area contributed by atoms with Gasteiger partial charge in [0, 0.05) is 18.8 Å². The molecule has 1 saturated heterocycles. The smallest absolute Gasteiger partial charge is 0.232 e. The monoisotopic (exact) mass is 195 g/mol. The zero-order valence-electron chi connectivity index (χ0n) is 8.57. The van der Waals surface area contributed by atoms with Crippen molar-refractivity contribution in [2.45, 2.75) is 25.8 Å². The molecule has 0 aromatic carbocycles. The SMILES string of the molecule is CCOc1ccn([C@@H]2CCCNC2)n1. The Bertz CT molecular complexity index is 279. The van der Waals surface area contributed by atoms with E-state index in [1.54, 1.807) is 0 Å². The summed E-state index contributed by atoms with van der Waals surface area (Å²) in [5.74, 6) is 0.734. The average Bonchev–Trinajstić information content (AvgIpc) is 2.68. The Kier molecular flexibility index (Phi) is 3.03. The molecule has 1 fully saturated rings. The van der Waals surface area contributed by atoms with Gasteiger partial charge in [-0.05, 0) is 26.3 Å². The van der Waals surface area contributed by atoms with Crippen molar-refractivity contribution in [3.05, 3.63) is 12.3 Å². The number of rotatable bonds is 3. The molecule has 4 heteroatoms. The van der Waals surface area contributed by atoms with Gasteiger partial charge < -0.3 is 10.1 Å². The minimum Gasteiger partial charge on any atom is -0.477 e. The molecule has 0 radical (unpaired) electrons. The molecule has 1 aromatic rings. The molecular formula is C10H17N3O. The van der Waals surface area contributed by atoms with Crippen molar-refractivity contribution in [2.24, 2.45) is 0 Å². The molecule has 1 N–H and O–H groups in total. The van der Waals surface area contributed by atoms with Gasteiger partial charge >= 0.3 is 0 Å². The van der Waals surface area contributed by atoms with Crippen LogP contribution >= 0.6 is 0 Å². The van der Waals surface area contributed by atoms with Crippen molar-refractivity contribution in [3.8, 4) is 5.88 Å². The lowest BCUT2D eigenvalue weighted by molar-refractivity contribution is 0.303. The second-order valence-electron chi connectivity index (χ2n) is 3.57. The maximum Gasteiger partial charge on any atom is 0.232 e. The number of hydrogen-bond acceptors (Lipinski definition) is 3. The highest BCUT2D eigenvalue weighted by Crippen LogP contribution is 2.17. The summed E-state index contributed by atoms with van der Waals surface area (Å²) in [7, 11) is 0. The van der Waals surface area contributed by atoms with Crippen LogP contribution in [0, 0.1) is 0 Å². The second kappa shape index (κ2) is 4.46. The molecule has 1 aliphatic rings. The second-order valence-corrected chi connectivity index (χ2v) is 3.57. The van der Waals surface area contributed by atoms with E-state index in [4.69, 9.17) is 4.74 Å². The lowest BCUT2D eigenvalue weighted by Gasteiger charge is -2.22. The van der Waals surface area contributed by atoms with Gasteiger partial charge in [-0.25, -0.2) is 0 Å². The molecule has 0 aliphatic carbocycles. The van der Waals surface area contributed by atoms with Crippen molar-refractivity contribution < 1.29 is 4.74 Å². The first-order valence-corrected chi connectivity index (χ1v) is 5.29. The van der Waals surface area contributed by atoms with E-state index in [9.17, 15) is 0 Å². The fraction of sp³-hybridized carbons (Fsp3) is 0.700. The van der Waals surface area contributed by atoms with Crippen LogP contribution in [0.1, 0.15) is 25.8 Å². The van der Waals surface area contributed by atoms with Crippen molar-refractivity contribution in [1.82, 2.24) is 15.1 Å². The van der Waals surface area contributed by atoms with Gasteiger partial charge in [-0.15, -0.1) is 5.10 Å². The minimum absolute atomic E-state index is 0.498. The Morgan fingerprint density at radius 3 is 3.36 bits per heavy atom. The zero-order valence-corrected chi connectivity index (χ0v) is 8.57. The lowest BCUT2D eigenvalue weighted by atomic mass is 10.1. The first-order valence-electron chi connectivity index (χ1n) is 5.29. The van der Waals surface area contributed by atoms with Crippen LogP contribution in [0.3, 0.4) is 0 Å². The Balaban J connectivity index is 2.00. The van der Waals surface area contributed by atoms with Crippen LogP contribution in [0.2, 0.25) is 0 Å². The molecule has 1 aliphatic heterocycles. The number of aromatic nitrogens is 2. The van der Waals surface area contributed by atoms with E-state index in [0.29, 0.717) is 12.6 Å². The number of nitrogens with zero attached hydrogens (tertiary/aromatic N) is 2. The van der Waals surface area contributed by atoms with Crippen LogP contribution in [0.25, 0.3) is 0 Å². The normalized spacial score (nSPS) is 22.2. The molecule has 0 spiro atoms. The van der Waals surface area contributed by atoms with Crippen molar-refractivity contribution in [1.29, 1.82) is 0 Å². The third kappa shape index (κ3) is 2.07. The third-order valence-electron chi connectivity index (χ3n) is 2.52. The van der Waals surface area contributed by atoms with Gasteiger partial charge in [0.1, 0.15) is 0 Å². The van der Waals surface area contributed by atoms with Crippen molar-refractivity contribution >= 4 is 0 Å². The highest BCUT2D eigenvalue weighted by molar-refractivity contribution is 5.06. The van der Waals surface area contributed by atoms with E-state index in [1.165, 1.54) is 12.8 Å². The molecule has 0 saturated carbocycles. The largest absolute Gasteiger partial charge is 0.477 e. The average molecular weight is 195 g/mol. The van der Waals surface area contributed by atoms with Gasteiger partial charge in [-0.2, -0.15) is 0 Å². The number of nitrogens with one attached hydrogen (secondary N) is 1. The third-order valence-corrected chi connectivity index (χ3v) is 2.52. The van der Waals surface area contributed by atoms with Gasteiger partial charge in [-0.3, -0.25) is 4.68 Å². The van der Waals surface area contributed by atoms with E-state index in [1.807, 2.05) is 23.9 Å². The molecular weight excluding hydrogens is 178 g/mol. The minimum atomic E-state index is 0.498.